The van der Waals surface area contributed by atoms with Crippen molar-refractivity contribution in [1.29, 1.82) is 0 Å². The van der Waals surface area contributed by atoms with Gasteiger partial charge in [-0.1, -0.05) is 122 Å². The van der Waals surface area contributed by atoms with Crippen molar-refractivity contribution in [3.8, 4) is 16.9 Å². The molecule has 2 rings (SSSR count). The van der Waals surface area contributed by atoms with Crippen LogP contribution in [0.25, 0.3) is 11.1 Å². The van der Waals surface area contributed by atoms with E-state index >= 15 is 0 Å². The Morgan fingerprint density at radius 1 is 0.718 bits per heavy atom. The molecular formula is C34H49ClO4. The first-order valence-electron chi connectivity index (χ1n) is 15.2. The number of hydrogen-bond donors (Lipinski definition) is 0. The lowest BCUT2D eigenvalue weighted by atomic mass is 10.0. The van der Waals surface area contributed by atoms with E-state index in [0.717, 1.165) is 30.4 Å². The van der Waals surface area contributed by atoms with E-state index in [-0.39, 0.29) is 23.9 Å². The molecule has 4 nitrogen and oxygen atoms in total. The summed E-state index contributed by atoms with van der Waals surface area (Å²) in [6.07, 6.45) is 16.7. The average molecular weight is 557 g/mol. The molecule has 0 bridgehead atoms. The van der Waals surface area contributed by atoms with Crippen LogP contribution in [0.2, 0.25) is 0 Å². The van der Waals surface area contributed by atoms with Gasteiger partial charge in [-0.25, -0.2) is 4.79 Å². The Labute approximate surface area is 241 Å². The second-order valence-corrected chi connectivity index (χ2v) is 11.3. The molecule has 2 aromatic rings. The van der Waals surface area contributed by atoms with Gasteiger partial charge in [0, 0.05) is 6.42 Å². The van der Waals surface area contributed by atoms with E-state index < -0.39 is 0 Å². The lowest BCUT2D eigenvalue weighted by Crippen LogP contribution is -2.20. The molecule has 0 radical (unpaired) electrons. The fourth-order valence-electron chi connectivity index (χ4n) is 4.47. The second kappa shape index (κ2) is 19.7. The van der Waals surface area contributed by atoms with E-state index in [1.165, 1.54) is 64.2 Å². The van der Waals surface area contributed by atoms with Crippen molar-refractivity contribution >= 4 is 23.5 Å². The molecule has 5 heteroatoms. The van der Waals surface area contributed by atoms with Gasteiger partial charge in [0.15, 0.2) is 0 Å². The largest absolute Gasteiger partial charge is 0.461 e. The predicted octanol–water partition coefficient (Wildman–Crippen LogP) is 10.2. The number of esters is 2. The van der Waals surface area contributed by atoms with Gasteiger partial charge in [-0.2, -0.15) is 0 Å². The number of ether oxygens (including phenoxy) is 2. The molecule has 0 heterocycles. The first-order chi connectivity index (χ1) is 18.9. The zero-order valence-electron chi connectivity index (χ0n) is 24.4. The standard InChI is InChI=1S/C34H49ClO4/c1-4-6-7-8-9-10-11-12-13-14-15-16-17-33(36)39-31-24-22-29(23-25-31)28-18-20-30(21-19-28)34(37)38-26-32(35)27(3)5-2/h18-25,27,32H,4-17,26H2,1-3H3. The lowest BCUT2D eigenvalue weighted by molar-refractivity contribution is -0.134. The quantitative estimate of drug-likeness (QED) is 0.0704. The first-order valence-corrected chi connectivity index (χ1v) is 15.6. The minimum Gasteiger partial charge on any atom is -0.461 e. The van der Waals surface area contributed by atoms with E-state index in [1.807, 2.05) is 43.3 Å². The van der Waals surface area contributed by atoms with E-state index in [2.05, 4.69) is 13.8 Å². The van der Waals surface area contributed by atoms with Crippen LogP contribution in [-0.2, 0) is 9.53 Å². The van der Waals surface area contributed by atoms with Gasteiger partial charge in [0.25, 0.3) is 0 Å². The summed E-state index contributed by atoms with van der Waals surface area (Å²) >= 11 is 6.27. The molecule has 0 saturated carbocycles. The summed E-state index contributed by atoms with van der Waals surface area (Å²) < 4.78 is 10.9. The average Bonchev–Trinajstić information content (AvgIpc) is 2.96. The van der Waals surface area contributed by atoms with Crippen LogP contribution in [0.4, 0.5) is 0 Å². The molecule has 0 saturated heterocycles. The highest BCUT2D eigenvalue weighted by molar-refractivity contribution is 6.21. The summed E-state index contributed by atoms with van der Waals surface area (Å²) in [6, 6.07) is 14.8. The SMILES string of the molecule is CCCCCCCCCCCCCCC(=O)Oc1ccc(-c2ccc(C(=O)OCC(Cl)C(C)CC)cc2)cc1. The molecule has 216 valence electrons. The van der Waals surface area contributed by atoms with Crippen LogP contribution in [0.1, 0.15) is 121 Å². The Morgan fingerprint density at radius 2 is 1.21 bits per heavy atom. The summed E-state index contributed by atoms with van der Waals surface area (Å²) in [5, 5.41) is -0.185. The third-order valence-electron chi connectivity index (χ3n) is 7.41. The van der Waals surface area contributed by atoms with Crippen LogP contribution in [-0.4, -0.2) is 23.9 Å². The molecule has 0 aliphatic rings. The van der Waals surface area contributed by atoms with Crippen LogP contribution < -0.4 is 4.74 Å². The topological polar surface area (TPSA) is 52.6 Å². The highest BCUT2D eigenvalue weighted by Gasteiger charge is 2.16. The maximum Gasteiger partial charge on any atom is 0.338 e. The van der Waals surface area contributed by atoms with Crippen LogP contribution in [0.15, 0.2) is 48.5 Å². The van der Waals surface area contributed by atoms with Crippen LogP contribution in [0.3, 0.4) is 0 Å². The van der Waals surface area contributed by atoms with Gasteiger partial charge < -0.3 is 9.47 Å². The molecule has 2 unspecified atom stereocenters. The van der Waals surface area contributed by atoms with Gasteiger partial charge in [0.05, 0.1) is 10.9 Å². The van der Waals surface area contributed by atoms with Crippen molar-refractivity contribution in [2.75, 3.05) is 6.61 Å². The lowest BCUT2D eigenvalue weighted by Gasteiger charge is -2.16. The Bertz CT molecular complexity index is 939. The molecule has 0 aromatic heterocycles. The number of rotatable bonds is 20. The molecule has 39 heavy (non-hydrogen) atoms. The van der Waals surface area contributed by atoms with Crippen molar-refractivity contribution in [3.05, 3.63) is 54.1 Å². The van der Waals surface area contributed by atoms with E-state index in [4.69, 9.17) is 21.1 Å². The van der Waals surface area contributed by atoms with Crippen LogP contribution in [0.5, 0.6) is 5.75 Å². The zero-order chi connectivity index (χ0) is 28.3. The minimum atomic E-state index is -0.370. The first kappa shape index (κ1) is 32.9. The zero-order valence-corrected chi connectivity index (χ0v) is 25.1. The molecular weight excluding hydrogens is 508 g/mol. The third kappa shape index (κ3) is 13.5. The Kier molecular flexibility index (Phi) is 16.6. The summed E-state index contributed by atoms with van der Waals surface area (Å²) in [4.78, 5) is 24.6. The van der Waals surface area contributed by atoms with Gasteiger partial charge >= 0.3 is 11.9 Å². The van der Waals surface area contributed by atoms with Crippen molar-refractivity contribution in [1.82, 2.24) is 0 Å². The third-order valence-corrected chi connectivity index (χ3v) is 7.97. The summed E-state index contributed by atoms with van der Waals surface area (Å²) in [5.41, 5.74) is 2.44. The molecule has 0 amide bonds. The Hall–Kier alpha value is -2.33. The number of hydrogen-bond acceptors (Lipinski definition) is 4. The second-order valence-electron chi connectivity index (χ2n) is 10.7. The van der Waals surface area contributed by atoms with Gasteiger partial charge in [0.2, 0.25) is 0 Å². The summed E-state index contributed by atoms with van der Waals surface area (Å²) in [5.74, 6) is 0.300. The minimum absolute atomic E-state index is 0.176. The maximum absolute atomic E-state index is 12.3. The predicted molar refractivity (Wildman–Crippen MR) is 163 cm³/mol. The van der Waals surface area contributed by atoms with Gasteiger partial charge in [-0.15, -0.1) is 11.6 Å². The van der Waals surface area contributed by atoms with Gasteiger partial charge in [-0.05, 0) is 47.7 Å². The van der Waals surface area contributed by atoms with E-state index in [1.54, 1.807) is 12.1 Å². The normalized spacial score (nSPS) is 12.6. The molecule has 2 atom stereocenters. The number of halogens is 1. The summed E-state index contributed by atoms with van der Waals surface area (Å²) in [6.45, 7) is 6.58. The van der Waals surface area contributed by atoms with Crippen molar-refractivity contribution < 1.29 is 19.1 Å². The molecule has 0 N–H and O–H groups in total. The Balaban J connectivity index is 1.63. The number of carbonyl (C=O) groups is 2. The smallest absolute Gasteiger partial charge is 0.338 e. The molecule has 0 aliphatic heterocycles. The van der Waals surface area contributed by atoms with Crippen LogP contribution >= 0.6 is 11.6 Å². The fraction of sp³-hybridized carbons (Fsp3) is 0.588. The number of carbonyl (C=O) groups excluding carboxylic acids is 2. The monoisotopic (exact) mass is 556 g/mol. The molecule has 0 aliphatic carbocycles. The van der Waals surface area contributed by atoms with Crippen molar-refractivity contribution in [3.63, 3.8) is 0 Å². The highest BCUT2D eigenvalue weighted by atomic mass is 35.5. The summed E-state index contributed by atoms with van der Waals surface area (Å²) in [7, 11) is 0. The molecule has 2 aromatic carbocycles. The van der Waals surface area contributed by atoms with Gasteiger partial charge in [-0.3, -0.25) is 4.79 Å². The molecule has 0 fully saturated rings. The van der Waals surface area contributed by atoms with E-state index in [0.29, 0.717) is 23.7 Å². The van der Waals surface area contributed by atoms with Crippen molar-refractivity contribution in [2.45, 2.75) is 116 Å². The highest BCUT2D eigenvalue weighted by Crippen LogP contribution is 2.24. The number of unbranched alkanes of at least 4 members (excludes halogenated alkanes) is 11. The Morgan fingerprint density at radius 3 is 1.72 bits per heavy atom. The molecule has 0 spiro atoms. The van der Waals surface area contributed by atoms with E-state index in [9.17, 15) is 9.59 Å². The maximum atomic E-state index is 12.3. The van der Waals surface area contributed by atoms with Crippen LogP contribution in [0, 0.1) is 5.92 Å². The number of alkyl halides is 1. The van der Waals surface area contributed by atoms with Crippen molar-refractivity contribution in [2.24, 2.45) is 5.92 Å². The fourth-order valence-corrected chi connectivity index (χ4v) is 4.71. The number of benzene rings is 2. The van der Waals surface area contributed by atoms with Gasteiger partial charge in [0.1, 0.15) is 12.4 Å².